The lowest BCUT2D eigenvalue weighted by Gasteiger charge is -2.14. The van der Waals surface area contributed by atoms with Gasteiger partial charge in [0.05, 0.1) is 6.61 Å². The molecule has 1 saturated carbocycles. The minimum absolute atomic E-state index is 0.0164. The quantitative estimate of drug-likeness (QED) is 0.176. The fourth-order valence-corrected chi connectivity index (χ4v) is 6.18. The first-order chi connectivity index (χ1) is 18.2. The highest BCUT2D eigenvalue weighted by molar-refractivity contribution is 6.23. The standard InChI is InChI=1S/C32H32N2O3/c35-29(11-6-18-33-32(36)37-20-28-26-9-3-1-2-4-10-27(26)28)34-19-24-15-14-23-13-12-21-7-5-8-22-16-17-25(24)31(23)30(21)22/h5,7-8,12-17,26-28H,3-4,6,9-11,18-20H2,(H,33,36)(H,34,35)/t26-,27+,28-. The molecule has 4 aromatic carbocycles. The second-order valence-electron chi connectivity index (χ2n) is 10.4. The largest absolute Gasteiger partial charge is 0.449 e. The molecule has 1 fully saturated rings. The van der Waals surface area contributed by atoms with Crippen LogP contribution in [0.5, 0.6) is 0 Å². The molecule has 37 heavy (non-hydrogen) atoms. The SMILES string of the molecule is O=C(CCCNC(=O)OC[C@@H]1[C@@H]2CCC#CCC[C@@H]21)NCc1ccc2ccc3cccc4ccc1c2c34. The molecule has 188 valence electrons. The zero-order valence-corrected chi connectivity index (χ0v) is 21.0. The average molecular weight is 493 g/mol. The van der Waals surface area contributed by atoms with Crippen LogP contribution in [-0.4, -0.2) is 25.2 Å². The van der Waals surface area contributed by atoms with Gasteiger partial charge in [0, 0.05) is 32.4 Å². The number of nitrogens with one attached hydrogen (secondary N) is 2. The van der Waals surface area contributed by atoms with Crippen molar-refractivity contribution in [1.29, 1.82) is 0 Å². The number of rotatable bonds is 8. The summed E-state index contributed by atoms with van der Waals surface area (Å²) in [5, 5.41) is 13.3. The number of hydrogen-bond donors (Lipinski definition) is 2. The third-order valence-corrected chi connectivity index (χ3v) is 8.19. The Kier molecular flexibility index (Phi) is 6.57. The van der Waals surface area contributed by atoms with Gasteiger partial charge in [-0.25, -0.2) is 4.79 Å². The Balaban J connectivity index is 0.953. The van der Waals surface area contributed by atoms with Crippen LogP contribution in [0, 0.1) is 29.6 Å². The first-order valence-corrected chi connectivity index (χ1v) is 13.5. The maximum Gasteiger partial charge on any atom is 0.407 e. The van der Waals surface area contributed by atoms with Gasteiger partial charge in [0.2, 0.25) is 5.91 Å². The molecule has 0 spiro atoms. The van der Waals surface area contributed by atoms with Crippen LogP contribution >= 0.6 is 0 Å². The van der Waals surface area contributed by atoms with E-state index in [-0.39, 0.29) is 12.0 Å². The number of ether oxygens (including phenoxy) is 1. The molecule has 2 aliphatic carbocycles. The predicted octanol–water partition coefficient (Wildman–Crippen LogP) is 6.15. The van der Waals surface area contributed by atoms with E-state index in [2.05, 4.69) is 77.1 Å². The van der Waals surface area contributed by atoms with Crippen LogP contribution in [0.25, 0.3) is 32.3 Å². The summed E-state index contributed by atoms with van der Waals surface area (Å²) in [5.41, 5.74) is 1.11. The second kappa shape index (κ2) is 10.3. The first kappa shape index (κ1) is 23.6. The van der Waals surface area contributed by atoms with Crippen molar-refractivity contribution in [3.8, 4) is 11.8 Å². The summed E-state index contributed by atoms with van der Waals surface area (Å²) in [6, 6.07) is 19.3. The summed E-state index contributed by atoms with van der Waals surface area (Å²) in [4.78, 5) is 24.6. The topological polar surface area (TPSA) is 67.4 Å². The molecule has 5 heteroatoms. The third kappa shape index (κ3) is 4.93. The number of hydrogen-bond acceptors (Lipinski definition) is 3. The van der Waals surface area contributed by atoms with Crippen LogP contribution < -0.4 is 10.6 Å². The van der Waals surface area contributed by atoms with Gasteiger partial charge in [-0.15, -0.1) is 11.8 Å². The molecule has 2 aliphatic rings. The lowest BCUT2D eigenvalue weighted by Crippen LogP contribution is -2.28. The van der Waals surface area contributed by atoms with E-state index in [0.717, 1.165) is 31.2 Å². The highest BCUT2D eigenvalue weighted by Crippen LogP contribution is 2.52. The lowest BCUT2D eigenvalue weighted by atomic mass is 9.92. The molecule has 0 heterocycles. The predicted molar refractivity (Wildman–Crippen MR) is 147 cm³/mol. The summed E-state index contributed by atoms with van der Waals surface area (Å²) < 4.78 is 5.45. The zero-order valence-electron chi connectivity index (χ0n) is 21.0. The minimum Gasteiger partial charge on any atom is -0.449 e. The molecule has 6 rings (SSSR count). The maximum atomic E-state index is 12.5. The summed E-state index contributed by atoms with van der Waals surface area (Å²) in [5.74, 6) is 8.21. The molecule has 0 aliphatic heterocycles. The highest BCUT2D eigenvalue weighted by Gasteiger charge is 2.49. The summed E-state index contributed by atoms with van der Waals surface area (Å²) >= 11 is 0. The van der Waals surface area contributed by atoms with E-state index in [1.54, 1.807) is 0 Å². The Morgan fingerprint density at radius 1 is 0.838 bits per heavy atom. The Labute approximate surface area is 217 Å². The number of amides is 2. The van der Waals surface area contributed by atoms with E-state index < -0.39 is 0 Å². The molecule has 3 atom stereocenters. The first-order valence-electron chi connectivity index (χ1n) is 13.5. The molecule has 0 aromatic heterocycles. The van der Waals surface area contributed by atoms with Gasteiger partial charge in [-0.1, -0.05) is 54.6 Å². The van der Waals surface area contributed by atoms with Crippen molar-refractivity contribution >= 4 is 44.3 Å². The fourth-order valence-electron chi connectivity index (χ4n) is 6.18. The van der Waals surface area contributed by atoms with Gasteiger partial charge < -0.3 is 15.4 Å². The van der Waals surface area contributed by atoms with Crippen molar-refractivity contribution in [1.82, 2.24) is 10.6 Å². The molecular weight excluding hydrogens is 460 g/mol. The molecule has 2 N–H and O–H groups in total. The molecule has 4 aromatic rings. The van der Waals surface area contributed by atoms with Crippen LogP contribution in [-0.2, 0) is 16.1 Å². The van der Waals surface area contributed by atoms with E-state index in [9.17, 15) is 9.59 Å². The Hall–Kier alpha value is -3.78. The second-order valence-corrected chi connectivity index (χ2v) is 10.4. The van der Waals surface area contributed by atoms with E-state index in [4.69, 9.17) is 4.74 Å². The average Bonchev–Trinajstić information content (AvgIpc) is 3.56. The summed E-state index contributed by atoms with van der Waals surface area (Å²) in [7, 11) is 0. The van der Waals surface area contributed by atoms with Gasteiger partial charge in [-0.2, -0.15) is 0 Å². The molecule has 0 unspecified atom stereocenters. The maximum absolute atomic E-state index is 12.5. The van der Waals surface area contributed by atoms with Crippen molar-refractivity contribution < 1.29 is 14.3 Å². The van der Waals surface area contributed by atoms with E-state index in [1.807, 2.05) is 0 Å². The van der Waals surface area contributed by atoms with E-state index in [1.165, 1.54) is 32.3 Å². The Morgan fingerprint density at radius 3 is 2.27 bits per heavy atom. The molecule has 2 amide bonds. The number of alkyl carbamates (subject to hydrolysis) is 1. The van der Waals surface area contributed by atoms with Crippen LogP contribution in [0.15, 0.2) is 54.6 Å². The summed E-state index contributed by atoms with van der Waals surface area (Å²) in [6.07, 6.45) is 4.72. The molecule has 5 nitrogen and oxygen atoms in total. The van der Waals surface area contributed by atoms with Gasteiger partial charge in [0.25, 0.3) is 0 Å². The van der Waals surface area contributed by atoms with E-state index >= 15 is 0 Å². The van der Waals surface area contributed by atoms with Crippen molar-refractivity contribution in [3.63, 3.8) is 0 Å². The van der Waals surface area contributed by atoms with Crippen molar-refractivity contribution in [2.75, 3.05) is 13.2 Å². The smallest absolute Gasteiger partial charge is 0.407 e. The van der Waals surface area contributed by atoms with Crippen molar-refractivity contribution in [2.24, 2.45) is 17.8 Å². The van der Waals surface area contributed by atoms with Gasteiger partial charge in [-0.05, 0) is 74.9 Å². The lowest BCUT2D eigenvalue weighted by molar-refractivity contribution is -0.121. The summed E-state index contributed by atoms with van der Waals surface area (Å²) in [6.45, 7) is 1.40. The number of carbonyl (C=O) groups excluding carboxylic acids is 2. The van der Waals surface area contributed by atoms with Crippen LogP contribution in [0.1, 0.15) is 44.1 Å². The number of fused-ring (bicyclic) bond motifs is 1. The van der Waals surface area contributed by atoms with Gasteiger partial charge >= 0.3 is 6.09 Å². The molecule has 0 radical (unpaired) electrons. The van der Waals surface area contributed by atoms with E-state index in [0.29, 0.717) is 50.3 Å². The van der Waals surface area contributed by atoms with Crippen molar-refractivity contribution in [2.45, 2.75) is 45.1 Å². The number of benzene rings is 4. The van der Waals surface area contributed by atoms with Crippen LogP contribution in [0.4, 0.5) is 4.79 Å². The third-order valence-electron chi connectivity index (χ3n) is 8.19. The fraction of sp³-hybridized carbons (Fsp3) is 0.375. The molecule has 0 bridgehead atoms. The van der Waals surface area contributed by atoms with Gasteiger partial charge in [0.1, 0.15) is 0 Å². The Bertz CT molecular complexity index is 1480. The molecular formula is C32H32N2O3. The van der Waals surface area contributed by atoms with Gasteiger partial charge in [-0.3, -0.25) is 4.79 Å². The Morgan fingerprint density at radius 2 is 1.51 bits per heavy atom. The van der Waals surface area contributed by atoms with Gasteiger partial charge in [0.15, 0.2) is 0 Å². The highest BCUT2D eigenvalue weighted by atomic mass is 16.5. The molecule has 0 saturated heterocycles. The van der Waals surface area contributed by atoms with Crippen LogP contribution in [0.3, 0.4) is 0 Å². The van der Waals surface area contributed by atoms with Crippen molar-refractivity contribution in [3.05, 3.63) is 60.2 Å². The zero-order chi connectivity index (χ0) is 25.2. The monoisotopic (exact) mass is 492 g/mol. The minimum atomic E-state index is -0.385. The van der Waals surface area contributed by atoms with Crippen LogP contribution in [0.2, 0.25) is 0 Å². The number of carbonyl (C=O) groups is 2. The normalized spacial score (nSPS) is 20.5.